The first-order valence-electron chi connectivity index (χ1n) is 7.75. The molecule has 2 aromatic rings. The van der Waals surface area contributed by atoms with E-state index in [0.717, 1.165) is 24.8 Å². The zero-order chi connectivity index (χ0) is 17.4. The summed E-state index contributed by atoms with van der Waals surface area (Å²) in [6.45, 7) is 0.616. The fourth-order valence-electron chi connectivity index (χ4n) is 2.32. The summed E-state index contributed by atoms with van der Waals surface area (Å²) in [5.41, 5.74) is 6.55. The molecule has 0 heterocycles. The first-order valence-corrected chi connectivity index (χ1v) is 7.75. The van der Waals surface area contributed by atoms with Crippen molar-refractivity contribution < 1.29 is 22.6 Å². The van der Waals surface area contributed by atoms with E-state index in [-0.39, 0.29) is 11.9 Å². The van der Waals surface area contributed by atoms with Gasteiger partial charge in [0.2, 0.25) is 0 Å². The first-order chi connectivity index (χ1) is 11.5. The van der Waals surface area contributed by atoms with Crippen LogP contribution in [-0.4, -0.2) is 12.9 Å². The van der Waals surface area contributed by atoms with Crippen molar-refractivity contribution in [2.24, 2.45) is 5.73 Å². The molecule has 0 amide bonds. The largest absolute Gasteiger partial charge is 0.573 e. The summed E-state index contributed by atoms with van der Waals surface area (Å²) < 4.78 is 46.4. The molecule has 0 radical (unpaired) electrons. The van der Waals surface area contributed by atoms with Crippen LogP contribution in [0.25, 0.3) is 0 Å². The van der Waals surface area contributed by atoms with Crippen molar-refractivity contribution in [2.75, 3.05) is 6.54 Å². The predicted molar refractivity (Wildman–Crippen MR) is 85.8 cm³/mol. The van der Waals surface area contributed by atoms with Gasteiger partial charge in [0.15, 0.2) is 0 Å². The maximum Gasteiger partial charge on any atom is 0.573 e. The van der Waals surface area contributed by atoms with Crippen LogP contribution in [0.2, 0.25) is 0 Å². The van der Waals surface area contributed by atoms with Crippen LogP contribution in [0.15, 0.2) is 54.6 Å². The van der Waals surface area contributed by atoms with E-state index in [1.807, 2.05) is 30.3 Å². The SMILES string of the molecule is NCCCCC(Oc1ccc(OC(F)(F)F)cc1)c1ccccc1. The number of hydrogen-bond donors (Lipinski definition) is 1. The van der Waals surface area contributed by atoms with Gasteiger partial charge in [-0.05, 0) is 55.6 Å². The molecule has 2 rings (SSSR count). The molecule has 0 saturated heterocycles. The number of alkyl halides is 3. The number of nitrogens with two attached hydrogens (primary N) is 1. The van der Waals surface area contributed by atoms with Crippen molar-refractivity contribution in [3.8, 4) is 11.5 Å². The monoisotopic (exact) mass is 339 g/mol. The second kappa shape index (κ2) is 8.59. The lowest BCUT2D eigenvalue weighted by molar-refractivity contribution is -0.274. The maximum absolute atomic E-state index is 12.2. The third kappa shape index (κ3) is 6.12. The number of rotatable bonds is 8. The van der Waals surface area contributed by atoms with Crippen molar-refractivity contribution >= 4 is 0 Å². The van der Waals surface area contributed by atoms with Gasteiger partial charge in [-0.3, -0.25) is 0 Å². The highest BCUT2D eigenvalue weighted by atomic mass is 19.4. The molecule has 0 aliphatic carbocycles. The Morgan fingerprint density at radius 2 is 1.50 bits per heavy atom. The Morgan fingerprint density at radius 1 is 0.875 bits per heavy atom. The molecule has 0 saturated carbocycles. The van der Waals surface area contributed by atoms with Gasteiger partial charge in [-0.2, -0.15) is 0 Å². The molecule has 6 heteroatoms. The summed E-state index contributed by atoms with van der Waals surface area (Å²) in [7, 11) is 0. The number of hydrogen-bond acceptors (Lipinski definition) is 3. The van der Waals surface area contributed by atoms with E-state index >= 15 is 0 Å². The summed E-state index contributed by atoms with van der Waals surface area (Å²) in [6, 6.07) is 15.1. The highest BCUT2D eigenvalue weighted by Crippen LogP contribution is 2.29. The minimum absolute atomic E-state index is 0.174. The van der Waals surface area contributed by atoms with Crippen molar-refractivity contribution in [3.05, 3.63) is 60.2 Å². The van der Waals surface area contributed by atoms with Gasteiger partial charge in [0, 0.05) is 0 Å². The lowest BCUT2D eigenvalue weighted by atomic mass is 10.0. The fraction of sp³-hybridized carbons (Fsp3) is 0.333. The van der Waals surface area contributed by atoms with Crippen LogP contribution in [-0.2, 0) is 0 Å². The molecule has 3 nitrogen and oxygen atoms in total. The van der Waals surface area contributed by atoms with Crippen LogP contribution < -0.4 is 15.2 Å². The zero-order valence-electron chi connectivity index (χ0n) is 13.1. The number of halogens is 3. The minimum atomic E-state index is -4.70. The van der Waals surface area contributed by atoms with Gasteiger partial charge in [-0.1, -0.05) is 30.3 Å². The molecular formula is C18H20F3NO2. The molecular weight excluding hydrogens is 319 g/mol. The molecule has 0 bridgehead atoms. The second-order valence-corrected chi connectivity index (χ2v) is 5.32. The summed E-state index contributed by atoms with van der Waals surface area (Å²) in [6.07, 6.45) is -2.29. The van der Waals surface area contributed by atoms with Gasteiger partial charge in [0.25, 0.3) is 0 Å². The van der Waals surface area contributed by atoms with Crippen molar-refractivity contribution in [1.29, 1.82) is 0 Å². The van der Waals surface area contributed by atoms with E-state index in [4.69, 9.17) is 10.5 Å². The Balaban J connectivity index is 2.05. The topological polar surface area (TPSA) is 44.5 Å². The van der Waals surface area contributed by atoms with E-state index in [1.165, 1.54) is 24.3 Å². The van der Waals surface area contributed by atoms with Gasteiger partial charge in [-0.15, -0.1) is 13.2 Å². The van der Waals surface area contributed by atoms with E-state index in [9.17, 15) is 13.2 Å². The number of unbranched alkanes of at least 4 members (excludes halogenated alkanes) is 1. The average Bonchev–Trinajstić information content (AvgIpc) is 2.55. The van der Waals surface area contributed by atoms with Gasteiger partial charge in [-0.25, -0.2) is 0 Å². The van der Waals surface area contributed by atoms with E-state index in [1.54, 1.807) is 0 Å². The van der Waals surface area contributed by atoms with Crippen molar-refractivity contribution in [1.82, 2.24) is 0 Å². The maximum atomic E-state index is 12.2. The molecule has 130 valence electrons. The minimum Gasteiger partial charge on any atom is -0.486 e. The fourth-order valence-corrected chi connectivity index (χ4v) is 2.32. The third-order valence-electron chi connectivity index (χ3n) is 3.43. The zero-order valence-corrected chi connectivity index (χ0v) is 13.1. The van der Waals surface area contributed by atoms with Crippen LogP contribution in [0.1, 0.15) is 30.9 Å². The normalized spacial score (nSPS) is 12.7. The Labute approximate surface area is 139 Å². The van der Waals surface area contributed by atoms with Crippen LogP contribution >= 0.6 is 0 Å². The van der Waals surface area contributed by atoms with E-state index in [2.05, 4.69) is 4.74 Å². The van der Waals surface area contributed by atoms with Gasteiger partial charge in [0.05, 0.1) is 0 Å². The van der Waals surface area contributed by atoms with Crippen LogP contribution in [0.4, 0.5) is 13.2 Å². The molecule has 0 spiro atoms. The summed E-state index contributed by atoms with van der Waals surface area (Å²) in [5.74, 6) is 0.223. The highest BCUT2D eigenvalue weighted by molar-refractivity contribution is 5.32. The highest BCUT2D eigenvalue weighted by Gasteiger charge is 2.31. The van der Waals surface area contributed by atoms with Crippen molar-refractivity contribution in [2.45, 2.75) is 31.7 Å². The van der Waals surface area contributed by atoms with E-state index < -0.39 is 6.36 Å². The van der Waals surface area contributed by atoms with Crippen LogP contribution in [0, 0.1) is 0 Å². The average molecular weight is 339 g/mol. The quantitative estimate of drug-likeness (QED) is 0.700. The molecule has 1 unspecified atom stereocenters. The summed E-state index contributed by atoms with van der Waals surface area (Å²) in [5, 5.41) is 0. The van der Waals surface area contributed by atoms with E-state index in [0.29, 0.717) is 12.3 Å². The molecule has 0 fully saturated rings. The Hall–Kier alpha value is -2.21. The Kier molecular flexibility index (Phi) is 6.49. The molecule has 0 aromatic heterocycles. The second-order valence-electron chi connectivity index (χ2n) is 5.32. The number of benzene rings is 2. The molecule has 24 heavy (non-hydrogen) atoms. The van der Waals surface area contributed by atoms with Crippen LogP contribution in [0.5, 0.6) is 11.5 Å². The smallest absolute Gasteiger partial charge is 0.486 e. The molecule has 2 aromatic carbocycles. The molecule has 1 atom stereocenters. The molecule has 2 N–H and O–H groups in total. The van der Waals surface area contributed by atoms with Gasteiger partial charge >= 0.3 is 6.36 Å². The Morgan fingerprint density at radius 3 is 2.08 bits per heavy atom. The standard InChI is InChI=1S/C18H20F3NO2/c19-18(20,21)24-16-11-9-15(10-12-16)23-17(8-4-5-13-22)14-6-2-1-3-7-14/h1-3,6-7,9-12,17H,4-5,8,13,22H2. The Bertz CT molecular complexity index is 600. The molecule has 0 aliphatic heterocycles. The van der Waals surface area contributed by atoms with Crippen molar-refractivity contribution in [3.63, 3.8) is 0 Å². The summed E-state index contributed by atoms with van der Waals surface area (Å²) in [4.78, 5) is 0. The number of ether oxygens (including phenoxy) is 2. The lowest BCUT2D eigenvalue weighted by Crippen LogP contribution is -2.17. The van der Waals surface area contributed by atoms with Gasteiger partial charge < -0.3 is 15.2 Å². The molecule has 0 aliphatic rings. The van der Waals surface area contributed by atoms with Crippen LogP contribution in [0.3, 0.4) is 0 Å². The lowest BCUT2D eigenvalue weighted by Gasteiger charge is -2.20. The first kappa shape index (κ1) is 18.1. The third-order valence-corrected chi connectivity index (χ3v) is 3.43. The summed E-state index contributed by atoms with van der Waals surface area (Å²) >= 11 is 0. The van der Waals surface area contributed by atoms with Gasteiger partial charge in [0.1, 0.15) is 17.6 Å². The predicted octanol–water partition coefficient (Wildman–Crippen LogP) is 4.83.